The number of amides is 1. The third-order valence-electron chi connectivity index (χ3n) is 3.58. The van der Waals surface area contributed by atoms with Crippen LogP contribution in [0.15, 0.2) is 23.1 Å². The van der Waals surface area contributed by atoms with Gasteiger partial charge in [-0.3, -0.25) is 9.69 Å². The first-order valence-corrected chi connectivity index (χ1v) is 7.79. The molecule has 3 nitrogen and oxygen atoms in total. The van der Waals surface area contributed by atoms with Crippen molar-refractivity contribution in [3.63, 3.8) is 0 Å². The van der Waals surface area contributed by atoms with E-state index < -0.39 is 0 Å². The normalized spacial score (nSPS) is 18.5. The summed E-state index contributed by atoms with van der Waals surface area (Å²) in [6.07, 6.45) is 4.52. The molecule has 1 aliphatic heterocycles. The highest BCUT2D eigenvalue weighted by atomic mass is 32.1. The molecular formula is C15H22N2OS. The van der Waals surface area contributed by atoms with E-state index in [1.54, 1.807) is 11.3 Å². The van der Waals surface area contributed by atoms with Crippen molar-refractivity contribution in [1.82, 2.24) is 10.2 Å². The molecule has 1 amide bonds. The third-order valence-corrected chi connectivity index (χ3v) is 4.40. The number of rotatable bonds is 5. The van der Waals surface area contributed by atoms with Crippen molar-refractivity contribution >= 4 is 23.3 Å². The molecular weight excluding hydrogens is 256 g/mol. The minimum absolute atomic E-state index is 0.0412. The van der Waals surface area contributed by atoms with Crippen LogP contribution in [0.5, 0.6) is 0 Å². The average molecular weight is 278 g/mol. The minimum atomic E-state index is 0.0412. The Morgan fingerprint density at radius 1 is 1.53 bits per heavy atom. The van der Waals surface area contributed by atoms with Crippen LogP contribution in [0.2, 0.25) is 0 Å². The van der Waals surface area contributed by atoms with Gasteiger partial charge in [0.15, 0.2) is 0 Å². The van der Waals surface area contributed by atoms with Crippen LogP contribution in [0.4, 0.5) is 0 Å². The molecule has 0 saturated carbocycles. The zero-order valence-electron chi connectivity index (χ0n) is 11.7. The van der Waals surface area contributed by atoms with Crippen molar-refractivity contribution in [2.75, 3.05) is 19.6 Å². The van der Waals surface area contributed by atoms with Crippen molar-refractivity contribution < 1.29 is 4.79 Å². The largest absolute Gasteiger partial charge is 0.351 e. The monoisotopic (exact) mass is 278 g/mol. The summed E-state index contributed by atoms with van der Waals surface area (Å²) < 4.78 is 0. The summed E-state index contributed by atoms with van der Waals surface area (Å²) in [7, 11) is 0. The summed E-state index contributed by atoms with van der Waals surface area (Å²) in [5.74, 6) is 0.0412. The van der Waals surface area contributed by atoms with Crippen molar-refractivity contribution in [2.24, 2.45) is 0 Å². The van der Waals surface area contributed by atoms with Crippen LogP contribution in [0.1, 0.15) is 31.6 Å². The van der Waals surface area contributed by atoms with E-state index in [0.29, 0.717) is 6.04 Å². The minimum Gasteiger partial charge on any atom is -0.351 e. The van der Waals surface area contributed by atoms with Gasteiger partial charge in [0.1, 0.15) is 0 Å². The molecule has 1 atom stereocenters. The maximum atomic E-state index is 12.0. The fourth-order valence-electron chi connectivity index (χ4n) is 2.34. The highest BCUT2D eigenvalue weighted by Crippen LogP contribution is 2.13. The van der Waals surface area contributed by atoms with E-state index in [0.717, 1.165) is 17.0 Å². The molecule has 0 spiro atoms. The number of carbonyl (C=O) groups is 1. The standard InChI is InChI=1S/C15H22N2OS/c1-12(10-14-6-5-9-19-14)15(18)16-11-13(2)17-7-3-4-8-17/h5-6,9-10,13H,3-4,7-8,11H2,1-2H3,(H,16,18)/b12-10+. The maximum absolute atomic E-state index is 12.0. The van der Waals surface area contributed by atoms with Gasteiger partial charge < -0.3 is 5.32 Å². The van der Waals surface area contributed by atoms with E-state index >= 15 is 0 Å². The van der Waals surface area contributed by atoms with Crippen molar-refractivity contribution in [3.8, 4) is 0 Å². The van der Waals surface area contributed by atoms with Crippen molar-refractivity contribution in [2.45, 2.75) is 32.7 Å². The molecule has 2 heterocycles. The number of hydrogen-bond acceptors (Lipinski definition) is 3. The van der Waals surface area contributed by atoms with Crippen LogP contribution in [0.25, 0.3) is 6.08 Å². The lowest BCUT2D eigenvalue weighted by Gasteiger charge is -2.23. The number of carbonyl (C=O) groups excluding carboxylic acids is 1. The summed E-state index contributed by atoms with van der Waals surface area (Å²) >= 11 is 1.65. The molecule has 1 aromatic heterocycles. The van der Waals surface area contributed by atoms with Gasteiger partial charge in [-0.25, -0.2) is 0 Å². The molecule has 2 rings (SSSR count). The second-order valence-corrected chi connectivity index (χ2v) is 6.12. The summed E-state index contributed by atoms with van der Waals surface area (Å²) in [5.41, 5.74) is 0.774. The fourth-order valence-corrected chi connectivity index (χ4v) is 3.06. The lowest BCUT2D eigenvalue weighted by atomic mass is 10.2. The first-order chi connectivity index (χ1) is 9.16. The molecule has 1 aromatic rings. The summed E-state index contributed by atoms with van der Waals surface area (Å²) in [4.78, 5) is 15.6. The van der Waals surface area contributed by atoms with Gasteiger partial charge in [-0.15, -0.1) is 11.3 Å². The predicted octanol–water partition coefficient (Wildman–Crippen LogP) is 2.75. The Morgan fingerprint density at radius 3 is 2.89 bits per heavy atom. The molecule has 1 N–H and O–H groups in total. The topological polar surface area (TPSA) is 32.3 Å². The molecule has 0 aromatic carbocycles. The van der Waals surface area contributed by atoms with Crippen LogP contribution in [-0.4, -0.2) is 36.5 Å². The fraction of sp³-hybridized carbons (Fsp3) is 0.533. The van der Waals surface area contributed by atoms with Crippen LogP contribution in [-0.2, 0) is 4.79 Å². The second kappa shape index (κ2) is 6.87. The third kappa shape index (κ3) is 4.18. The zero-order chi connectivity index (χ0) is 13.7. The highest BCUT2D eigenvalue weighted by molar-refractivity contribution is 7.10. The average Bonchev–Trinajstić information content (AvgIpc) is 3.07. The maximum Gasteiger partial charge on any atom is 0.247 e. The van der Waals surface area contributed by atoms with Gasteiger partial charge in [-0.1, -0.05) is 6.07 Å². The predicted molar refractivity (Wildman–Crippen MR) is 81.2 cm³/mol. The first kappa shape index (κ1) is 14.3. The first-order valence-electron chi connectivity index (χ1n) is 6.91. The zero-order valence-corrected chi connectivity index (χ0v) is 12.5. The van der Waals surface area contributed by atoms with Gasteiger partial charge in [-0.05, 0) is 57.3 Å². The number of likely N-dealkylation sites (tertiary alicyclic amines) is 1. The van der Waals surface area contributed by atoms with Gasteiger partial charge in [0.2, 0.25) is 5.91 Å². The van der Waals surface area contributed by atoms with E-state index in [1.165, 1.54) is 25.9 Å². The molecule has 0 aliphatic carbocycles. The quantitative estimate of drug-likeness (QED) is 0.840. The Kier molecular flexibility index (Phi) is 5.16. The van der Waals surface area contributed by atoms with Gasteiger partial charge in [-0.2, -0.15) is 0 Å². The summed E-state index contributed by atoms with van der Waals surface area (Å²) in [6.45, 7) is 7.12. The number of nitrogens with one attached hydrogen (secondary N) is 1. The summed E-state index contributed by atoms with van der Waals surface area (Å²) in [5, 5.41) is 5.05. The molecule has 1 unspecified atom stereocenters. The van der Waals surface area contributed by atoms with Gasteiger partial charge in [0, 0.05) is 23.0 Å². The lowest BCUT2D eigenvalue weighted by Crippen LogP contribution is -2.40. The Hall–Kier alpha value is -1.13. The number of hydrogen-bond donors (Lipinski definition) is 1. The van der Waals surface area contributed by atoms with E-state index in [4.69, 9.17) is 0 Å². The number of thiophene rings is 1. The molecule has 0 radical (unpaired) electrons. The Labute approximate surface area is 119 Å². The number of nitrogens with zero attached hydrogens (tertiary/aromatic N) is 1. The van der Waals surface area contributed by atoms with Crippen molar-refractivity contribution in [3.05, 3.63) is 28.0 Å². The molecule has 1 saturated heterocycles. The lowest BCUT2D eigenvalue weighted by molar-refractivity contribution is -0.117. The SMILES string of the molecule is C/C(=C\c1cccs1)C(=O)NCC(C)N1CCCC1. The Morgan fingerprint density at radius 2 is 2.26 bits per heavy atom. The highest BCUT2D eigenvalue weighted by Gasteiger charge is 2.18. The van der Waals surface area contributed by atoms with E-state index in [9.17, 15) is 4.79 Å². The van der Waals surface area contributed by atoms with Crippen molar-refractivity contribution in [1.29, 1.82) is 0 Å². The van der Waals surface area contributed by atoms with E-state index in [1.807, 2.05) is 30.5 Å². The molecule has 19 heavy (non-hydrogen) atoms. The summed E-state index contributed by atoms with van der Waals surface area (Å²) in [6, 6.07) is 4.45. The van der Waals surface area contributed by atoms with Gasteiger partial charge >= 0.3 is 0 Å². The Balaban J connectivity index is 1.80. The van der Waals surface area contributed by atoms with Gasteiger partial charge in [0.05, 0.1) is 0 Å². The molecule has 1 fully saturated rings. The van der Waals surface area contributed by atoms with E-state index in [2.05, 4.69) is 17.1 Å². The second-order valence-electron chi connectivity index (χ2n) is 5.14. The molecule has 104 valence electrons. The smallest absolute Gasteiger partial charge is 0.247 e. The van der Waals surface area contributed by atoms with Crippen LogP contribution in [0.3, 0.4) is 0 Å². The van der Waals surface area contributed by atoms with Crippen LogP contribution in [0, 0.1) is 0 Å². The molecule has 4 heteroatoms. The van der Waals surface area contributed by atoms with Crippen LogP contribution >= 0.6 is 11.3 Å². The van der Waals surface area contributed by atoms with E-state index in [-0.39, 0.29) is 5.91 Å². The Bertz CT molecular complexity index is 433. The molecule has 0 bridgehead atoms. The van der Waals surface area contributed by atoms with Gasteiger partial charge in [0.25, 0.3) is 0 Å². The van der Waals surface area contributed by atoms with Crippen LogP contribution < -0.4 is 5.32 Å². The molecule has 1 aliphatic rings.